The summed E-state index contributed by atoms with van der Waals surface area (Å²) >= 11 is 0. The fourth-order valence-electron chi connectivity index (χ4n) is 2.37. The van der Waals surface area contributed by atoms with Crippen molar-refractivity contribution in [2.45, 2.75) is 13.8 Å². The number of esters is 1. The third kappa shape index (κ3) is 3.75. The monoisotopic (exact) mass is 352 g/mol. The van der Waals surface area contributed by atoms with E-state index < -0.39 is 5.97 Å². The third-order valence-electron chi connectivity index (χ3n) is 3.67. The Bertz CT molecular complexity index is 992. The molecule has 0 unspecified atom stereocenters. The molecule has 1 N–H and O–H groups in total. The Kier molecular flexibility index (Phi) is 4.74. The number of aromatic nitrogens is 3. The van der Waals surface area contributed by atoms with Gasteiger partial charge in [-0.3, -0.25) is 14.0 Å². The minimum Gasteiger partial charge on any atom is -0.454 e. The van der Waals surface area contributed by atoms with Crippen LogP contribution < -0.4 is 5.32 Å². The van der Waals surface area contributed by atoms with Crippen molar-refractivity contribution in [2.75, 3.05) is 11.9 Å². The minimum atomic E-state index is -0.608. The Morgan fingerprint density at radius 1 is 1.04 bits per heavy atom. The van der Waals surface area contributed by atoms with E-state index in [4.69, 9.17) is 4.74 Å². The SMILES string of the molecule is CC(=O)Nc1ccc(C(=O)COC(=O)c2ccc3nnc(C)n3c2)cc1. The van der Waals surface area contributed by atoms with Crippen molar-refractivity contribution in [3.63, 3.8) is 0 Å². The zero-order chi connectivity index (χ0) is 18.7. The standard InChI is InChI=1S/C18H16N4O4/c1-11-20-21-17-8-5-14(9-22(11)17)18(25)26-10-16(24)13-3-6-15(7-4-13)19-12(2)23/h3-9H,10H2,1-2H3,(H,19,23). The summed E-state index contributed by atoms with van der Waals surface area (Å²) in [5.41, 5.74) is 1.89. The molecular formula is C18H16N4O4. The van der Waals surface area contributed by atoms with Crippen molar-refractivity contribution in [1.82, 2.24) is 14.6 Å². The normalized spacial score (nSPS) is 10.5. The Morgan fingerprint density at radius 3 is 2.42 bits per heavy atom. The molecule has 0 atom stereocenters. The highest BCUT2D eigenvalue weighted by atomic mass is 16.5. The molecule has 0 saturated carbocycles. The lowest BCUT2D eigenvalue weighted by molar-refractivity contribution is -0.114. The first-order valence-electron chi connectivity index (χ1n) is 7.83. The van der Waals surface area contributed by atoms with Gasteiger partial charge in [-0.15, -0.1) is 10.2 Å². The molecule has 1 amide bonds. The van der Waals surface area contributed by atoms with E-state index in [1.54, 1.807) is 53.9 Å². The average molecular weight is 352 g/mol. The molecule has 0 aliphatic heterocycles. The van der Waals surface area contributed by atoms with Gasteiger partial charge in [0.1, 0.15) is 5.82 Å². The van der Waals surface area contributed by atoms with E-state index in [0.717, 1.165) is 0 Å². The molecule has 26 heavy (non-hydrogen) atoms. The maximum absolute atomic E-state index is 12.2. The zero-order valence-corrected chi connectivity index (χ0v) is 14.2. The number of carbonyl (C=O) groups is 3. The van der Waals surface area contributed by atoms with Crippen molar-refractivity contribution in [3.05, 3.63) is 59.5 Å². The number of nitrogens with zero attached hydrogens (tertiary/aromatic N) is 3. The van der Waals surface area contributed by atoms with Crippen LogP contribution in [0.15, 0.2) is 42.6 Å². The van der Waals surface area contributed by atoms with E-state index in [1.165, 1.54) is 6.92 Å². The predicted octanol–water partition coefficient (Wildman–Crippen LogP) is 2.04. The van der Waals surface area contributed by atoms with Gasteiger partial charge in [-0.1, -0.05) is 0 Å². The van der Waals surface area contributed by atoms with E-state index in [0.29, 0.717) is 28.3 Å². The van der Waals surface area contributed by atoms with Crippen LogP contribution in [0.5, 0.6) is 0 Å². The van der Waals surface area contributed by atoms with Crippen LogP contribution in [-0.4, -0.2) is 38.9 Å². The van der Waals surface area contributed by atoms with Gasteiger partial charge in [0.05, 0.1) is 5.56 Å². The molecule has 0 saturated heterocycles. The quantitative estimate of drug-likeness (QED) is 0.557. The molecule has 2 aromatic heterocycles. The van der Waals surface area contributed by atoms with Gasteiger partial charge in [0.25, 0.3) is 0 Å². The fourth-order valence-corrected chi connectivity index (χ4v) is 2.37. The van der Waals surface area contributed by atoms with Gasteiger partial charge in [0.2, 0.25) is 5.91 Å². The van der Waals surface area contributed by atoms with E-state index in [2.05, 4.69) is 15.5 Å². The number of hydrogen-bond acceptors (Lipinski definition) is 6. The molecule has 8 nitrogen and oxygen atoms in total. The first kappa shape index (κ1) is 17.3. The summed E-state index contributed by atoms with van der Waals surface area (Å²) in [5.74, 6) is -0.499. The number of fused-ring (bicyclic) bond motifs is 1. The Morgan fingerprint density at radius 2 is 1.73 bits per heavy atom. The molecule has 0 aliphatic rings. The minimum absolute atomic E-state index is 0.196. The van der Waals surface area contributed by atoms with Gasteiger partial charge in [-0.2, -0.15) is 0 Å². The number of ketones is 1. The number of rotatable bonds is 5. The smallest absolute Gasteiger partial charge is 0.340 e. The van der Waals surface area contributed by atoms with Gasteiger partial charge >= 0.3 is 5.97 Å². The average Bonchev–Trinajstić information content (AvgIpc) is 3.00. The number of ether oxygens (including phenoxy) is 1. The fraction of sp³-hybridized carbons (Fsp3) is 0.167. The number of pyridine rings is 1. The van der Waals surface area contributed by atoms with Crippen molar-refractivity contribution >= 4 is 29.0 Å². The van der Waals surface area contributed by atoms with Gasteiger partial charge in [-0.05, 0) is 43.3 Å². The number of aryl methyl sites for hydroxylation is 1. The maximum atomic E-state index is 12.2. The maximum Gasteiger partial charge on any atom is 0.340 e. The van der Waals surface area contributed by atoms with Gasteiger partial charge in [0.15, 0.2) is 18.0 Å². The summed E-state index contributed by atoms with van der Waals surface area (Å²) in [6, 6.07) is 9.57. The first-order chi connectivity index (χ1) is 12.4. The Hall–Kier alpha value is -3.55. The molecule has 132 valence electrons. The summed E-state index contributed by atoms with van der Waals surface area (Å²) in [6.45, 7) is 2.79. The first-order valence-corrected chi connectivity index (χ1v) is 7.83. The second kappa shape index (κ2) is 7.14. The van der Waals surface area contributed by atoms with Gasteiger partial charge in [0, 0.05) is 24.4 Å². The molecule has 0 fully saturated rings. The summed E-state index contributed by atoms with van der Waals surface area (Å²) < 4.78 is 6.76. The lowest BCUT2D eigenvalue weighted by atomic mass is 10.1. The van der Waals surface area contributed by atoms with Crippen LogP contribution in [-0.2, 0) is 9.53 Å². The van der Waals surface area contributed by atoms with E-state index in [1.807, 2.05) is 0 Å². The number of hydrogen-bond donors (Lipinski definition) is 1. The molecule has 3 rings (SSSR count). The number of Topliss-reactive ketones (excluding diaryl/α,β-unsaturated/α-hetero) is 1. The van der Waals surface area contributed by atoms with Crippen LogP contribution in [0, 0.1) is 6.92 Å². The highest BCUT2D eigenvalue weighted by molar-refractivity contribution is 6.00. The number of amides is 1. The van der Waals surface area contributed by atoms with Gasteiger partial charge < -0.3 is 10.1 Å². The summed E-state index contributed by atoms with van der Waals surface area (Å²) in [7, 11) is 0. The van der Waals surface area contributed by atoms with Crippen LogP contribution in [0.2, 0.25) is 0 Å². The number of carbonyl (C=O) groups excluding carboxylic acids is 3. The zero-order valence-electron chi connectivity index (χ0n) is 14.2. The third-order valence-corrected chi connectivity index (χ3v) is 3.67. The van der Waals surface area contributed by atoms with E-state index in [9.17, 15) is 14.4 Å². The topological polar surface area (TPSA) is 103 Å². The van der Waals surface area contributed by atoms with Crippen molar-refractivity contribution in [1.29, 1.82) is 0 Å². The largest absolute Gasteiger partial charge is 0.454 e. The van der Waals surface area contributed by atoms with Crippen LogP contribution >= 0.6 is 0 Å². The van der Waals surface area contributed by atoms with Crippen molar-refractivity contribution < 1.29 is 19.1 Å². The van der Waals surface area contributed by atoms with Crippen LogP contribution in [0.25, 0.3) is 5.65 Å². The van der Waals surface area contributed by atoms with Crippen LogP contribution in [0.4, 0.5) is 5.69 Å². The molecule has 0 aliphatic carbocycles. The molecular weight excluding hydrogens is 336 g/mol. The van der Waals surface area contributed by atoms with Crippen LogP contribution in [0.1, 0.15) is 33.5 Å². The number of nitrogens with one attached hydrogen (secondary N) is 1. The molecule has 2 heterocycles. The molecule has 3 aromatic rings. The predicted molar refractivity (Wildman–Crippen MR) is 93.1 cm³/mol. The summed E-state index contributed by atoms with van der Waals surface area (Å²) in [4.78, 5) is 35.3. The summed E-state index contributed by atoms with van der Waals surface area (Å²) in [5, 5.41) is 10.5. The van der Waals surface area contributed by atoms with Crippen LogP contribution in [0.3, 0.4) is 0 Å². The lowest BCUT2D eigenvalue weighted by Crippen LogP contribution is -2.15. The molecule has 0 spiro atoms. The summed E-state index contributed by atoms with van der Waals surface area (Å²) in [6.07, 6.45) is 1.57. The molecule has 8 heteroatoms. The van der Waals surface area contributed by atoms with Gasteiger partial charge in [-0.25, -0.2) is 4.79 Å². The lowest BCUT2D eigenvalue weighted by Gasteiger charge is -2.06. The molecule has 1 aromatic carbocycles. The molecule has 0 radical (unpaired) electrons. The van der Waals surface area contributed by atoms with Crippen molar-refractivity contribution in [3.8, 4) is 0 Å². The Balaban J connectivity index is 1.63. The molecule has 0 bridgehead atoms. The van der Waals surface area contributed by atoms with Crippen molar-refractivity contribution in [2.24, 2.45) is 0 Å². The highest BCUT2D eigenvalue weighted by Crippen LogP contribution is 2.11. The Labute approximate surface area is 148 Å². The van der Waals surface area contributed by atoms with E-state index >= 15 is 0 Å². The highest BCUT2D eigenvalue weighted by Gasteiger charge is 2.13. The second-order valence-electron chi connectivity index (χ2n) is 5.65. The second-order valence-corrected chi connectivity index (χ2v) is 5.65. The van der Waals surface area contributed by atoms with E-state index in [-0.39, 0.29) is 18.3 Å². The number of anilines is 1. The number of benzene rings is 1.